The molecule has 1 atom stereocenters. The molecule has 3 nitrogen and oxygen atoms in total. The lowest BCUT2D eigenvalue weighted by atomic mass is 9.96. The number of hydrogen-bond donors (Lipinski definition) is 1. The quantitative estimate of drug-likeness (QED) is 0.822. The summed E-state index contributed by atoms with van der Waals surface area (Å²) in [7, 11) is -3.10. The number of thiophene rings is 1. The first-order valence-electron chi connectivity index (χ1n) is 4.09. The van der Waals surface area contributed by atoms with Crippen LogP contribution in [0.4, 0.5) is 0 Å². The molecule has 0 radical (unpaired) electrons. The van der Waals surface area contributed by atoms with Crippen LogP contribution in [-0.2, 0) is 15.4 Å². The smallest absolute Gasteiger partial charge is 0.153 e. The van der Waals surface area contributed by atoms with Crippen LogP contribution in [0.25, 0.3) is 0 Å². The van der Waals surface area contributed by atoms with Crippen molar-refractivity contribution < 1.29 is 13.5 Å². The standard InChI is InChI=1S/C8H9ClO3S2/c9-7-6(1-3-13-7)8(10)2-4-14(11,12)5-8/h1,3,10H,2,4-5H2. The molecule has 2 rings (SSSR count). The van der Waals surface area contributed by atoms with Crippen molar-refractivity contribution in [3.63, 3.8) is 0 Å². The molecular formula is C8H9ClO3S2. The molecule has 6 heteroatoms. The van der Waals surface area contributed by atoms with Crippen molar-refractivity contribution in [1.82, 2.24) is 0 Å². The van der Waals surface area contributed by atoms with Crippen molar-refractivity contribution in [3.05, 3.63) is 21.3 Å². The summed E-state index contributed by atoms with van der Waals surface area (Å²) in [4.78, 5) is 0. The highest BCUT2D eigenvalue weighted by molar-refractivity contribution is 7.91. The second kappa shape index (κ2) is 3.20. The largest absolute Gasteiger partial charge is 0.384 e. The van der Waals surface area contributed by atoms with Gasteiger partial charge >= 0.3 is 0 Å². The average Bonchev–Trinajstić information content (AvgIpc) is 2.57. The van der Waals surface area contributed by atoms with Crippen LogP contribution in [0.1, 0.15) is 12.0 Å². The van der Waals surface area contributed by atoms with Gasteiger partial charge in [0.05, 0.1) is 15.8 Å². The van der Waals surface area contributed by atoms with Gasteiger partial charge in [-0.25, -0.2) is 8.42 Å². The molecule has 0 saturated carbocycles. The van der Waals surface area contributed by atoms with Crippen LogP contribution in [0.5, 0.6) is 0 Å². The number of hydrogen-bond acceptors (Lipinski definition) is 4. The molecule has 0 bridgehead atoms. The van der Waals surface area contributed by atoms with Crippen LogP contribution in [0.2, 0.25) is 4.34 Å². The lowest BCUT2D eigenvalue weighted by molar-refractivity contribution is 0.0658. The molecule has 1 unspecified atom stereocenters. The van der Waals surface area contributed by atoms with Crippen molar-refractivity contribution in [2.24, 2.45) is 0 Å². The van der Waals surface area contributed by atoms with E-state index >= 15 is 0 Å². The first-order chi connectivity index (χ1) is 6.43. The SMILES string of the molecule is O=S1(=O)CCC(O)(c2ccsc2Cl)C1. The second-order valence-electron chi connectivity index (χ2n) is 3.48. The Bertz CT molecular complexity index is 451. The molecule has 1 saturated heterocycles. The predicted octanol–water partition coefficient (Wildman–Crippen LogP) is 1.41. The molecule has 78 valence electrons. The topological polar surface area (TPSA) is 54.4 Å². The fourth-order valence-electron chi connectivity index (χ4n) is 1.67. The van der Waals surface area contributed by atoms with E-state index in [9.17, 15) is 13.5 Å². The highest BCUT2D eigenvalue weighted by atomic mass is 35.5. The Hall–Kier alpha value is -0.100. The van der Waals surface area contributed by atoms with Gasteiger partial charge in [0.2, 0.25) is 0 Å². The average molecular weight is 253 g/mol. The molecular weight excluding hydrogens is 244 g/mol. The first-order valence-corrected chi connectivity index (χ1v) is 7.17. The molecule has 1 aliphatic heterocycles. The summed E-state index contributed by atoms with van der Waals surface area (Å²) in [5.74, 6) is -0.174. The summed E-state index contributed by atoms with van der Waals surface area (Å²) in [6, 6.07) is 1.69. The number of rotatable bonds is 1. The van der Waals surface area contributed by atoms with Gasteiger partial charge in [0, 0.05) is 5.56 Å². The monoisotopic (exact) mass is 252 g/mol. The molecule has 14 heavy (non-hydrogen) atoms. The zero-order valence-corrected chi connectivity index (χ0v) is 9.62. The molecule has 1 aliphatic rings. The first kappa shape index (κ1) is 10.4. The maximum atomic E-state index is 11.3. The third kappa shape index (κ3) is 1.69. The summed E-state index contributed by atoms with van der Waals surface area (Å²) >= 11 is 7.17. The minimum atomic E-state index is -3.10. The molecule has 1 fully saturated rings. The molecule has 2 heterocycles. The van der Waals surface area contributed by atoms with E-state index < -0.39 is 15.4 Å². The van der Waals surface area contributed by atoms with E-state index in [1.165, 1.54) is 11.3 Å². The van der Waals surface area contributed by atoms with E-state index in [1.54, 1.807) is 11.4 Å². The summed E-state index contributed by atoms with van der Waals surface area (Å²) in [5, 5.41) is 11.9. The normalized spacial score (nSPS) is 30.7. The van der Waals surface area contributed by atoms with E-state index in [-0.39, 0.29) is 17.9 Å². The maximum absolute atomic E-state index is 11.3. The summed E-state index contributed by atoms with van der Waals surface area (Å²) < 4.78 is 23.0. The van der Waals surface area contributed by atoms with Crippen LogP contribution in [0.3, 0.4) is 0 Å². The van der Waals surface area contributed by atoms with E-state index in [2.05, 4.69) is 0 Å². The van der Waals surface area contributed by atoms with E-state index in [1.807, 2.05) is 0 Å². The molecule has 1 N–H and O–H groups in total. The molecule has 0 aliphatic carbocycles. The number of aliphatic hydroxyl groups is 1. The van der Waals surface area contributed by atoms with Crippen molar-refractivity contribution in [2.45, 2.75) is 12.0 Å². The fraction of sp³-hybridized carbons (Fsp3) is 0.500. The molecule has 0 aromatic carbocycles. The summed E-state index contributed by atoms with van der Waals surface area (Å²) in [5.41, 5.74) is -0.721. The zero-order valence-electron chi connectivity index (χ0n) is 7.23. The summed E-state index contributed by atoms with van der Waals surface area (Å²) in [6.07, 6.45) is 0.242. The van der Waals surface area contributed by atoms with Gasteiger partial charge in [-0.05, 0) is 17.9 Å². The van der Waals surface area contributed by atoms with Gasteiger partial charge in [-0.3, -0.25) is 0 Å². The van der Waals surface area contributed by atoms with Gasteiger partial charge in [-0.1, -0.05) is 11.6 Å². The third-order valence-electron chi connectivity index (χ3n) is 2.40. The summed E-state index contributed by atoms with van der Waals surface area (Å²) in [6.45, 7) is 0. The second-order valence-corrected chi connectivity index (χ2v) is 7.18. The molecule has 1 aromatic heterocycles. The lowest BCUT2D eigenvalue weighted by Gasteiger charge is -2.19. The van der Waals surface area contributed by atoms with Crippen LogP contribution in [0.15, 0.2) is 11.4 Å². The van der Waals surface area contributed by atoms with Gasteiger partial charge < -0.3 is 5.11 Å². The maximum Gasteiger partial charge on any atom is 0.153 e. The van der Waals surface area contributed by atoms with Crippen LogP contribution < -0.4 is 0 Å². The van der Waals surface area contributed by atoms with Crippen LogP contribution in [-0.4, -0.2) is 25.0 Å². The Balaban J connectivity index is 2.41. The Kier molecular flexibility index (Phi) is 2.38. The predicted molar refractivity (Wildman–Crippen MR) is 56.5 cm³/mol. The number of sulfone groups is 1. The Morgan fingerprint density at radius 3 is 2.71 bits per heavy atom. The Morgan fingerprint density at radius 2 is 2.29 bits per heavy atom. The Labute approximate surface area is 91.2 Å². The minimum Gasteiger partial charge on any atom is -0.384 e. The molecule has 1 aromatic rings. The Morgan fingerprint density at radius 1 is 1.57 bits per heavy atom. The van der Waals surface area contributed by atoms with Gasteiger partial charge in [-0.15, -0.1) is 11.3 Å². The lowest BCUT2D eigenvalue weighted by Crippen LogP contribution is -2.26. The van der Waals surface area contributed by atoms with E-state index in [4.69, 9.17) is 11.6 Å². The number of halogens is 1. The van der Waals surface area contributed by atoms with Gasteiger partial charge in [0.1, 0.15) is 5.60 Å². The van der Waals surface area contributed by atoms with Gasteiger partial charge in [0.15, 0.2) is 9.84 Å². The molecule has 0 spiro atoms. The van der Waals surface area contributed by atoms with Crippen molar-refractivity contribution in [3.8, 4) is 0 Å². The van der Waals surface area contributed by atoms with Crippen LogP contribution in [0, 0.1) is 0 Å². The highest BCUT2D eigenvalue weighted by Crippen LogP contribution is 2.39. The van der Waals surface area contributed by atoms with Crippen molar-refractivity contribution in [1.29, 1.82) is 0 Å². The van der Waals surface area contributed by atoms with Crippen molar-refractivity contribution in [2.75, 3.05) is 11.5 Å². The minimum absolute atomic E-state index is 0.0374. The van der Waals surface area contributed by atoms with Crippen LogP contribution >= 0.6 is 22.9 Å². The zero-order chi connectivity index (χ0) is 10.4. The van der Waals surface area contributed by atoms with E-state index in [0.29, 0.717) is 9.90 Å². The third-order valence-corrected chi connectivity index (χ3v) is 5.32. The fourth-order valence-corrected chi connectivity index (χ4v) is 4.60. The van der Waals surface area contributed by atoms with Gasteiger partial charge in [-0.2, -0.15) is 0 Å². The highest BCUT2D eigenvalue weighted by Gasteiger charge is 2.43. The van der Waals surface area contributed by atoms with Crippen molar-refractivity contribution >= 4 is 32.8 Å². The molecule has 0 amide bonds. The van der Waals surface area contributed by atoms with E-state index in [0.717, 1.165) is 0 Å². The van der Waals surface area contributed by atoms with Gasteiger partial charge in [0.25, 0.3) is 0 Å².